The Labute approximate surface area is 278 Å². The van der Waals surface area contributed by atoms with Gasteiger partial charge in [-0.25, -0.2) is 4.79 Å². The number of hydrogen-bond donors (Lipinski definition) is 5. The molecule has 3 rings (SSSR count). The molecule has 4 atom stereocenters. The first-order valence-electron chi connectivity index (χ1n) is 14.3. The van der Waals surface area contributed by atoms with Gasteiger partial charge in [0.1, 0.15) is 12.4 Å². The van der Waals surface area contributed by atoms with E-state index in [9.17, 15) is 44.4 Å². The molecule has 252 valence electrons. The van der Waals surface area contributed by atoms with Crippen LogP contribution < -0.4 is 4.74 Å². The molecule has 0 amide bonds. The molecule has 13 nitrogen and oxygen atoms in total. The minimum atomic E-state index is -2.44. The Morgan fingerprint density at radius 2 is 1.77 bits per heavy atom. The molecule has 47 heavy (non-hydrogen) atoms. The Morgan fingerprint density at radius 3 is 2.36 bits per heavy atom. The molecule has 0 radical (unpaired) electrons. The summed E-state index contributed by atoms with van der Waals surface area (Å²) < 4.78 is 16.4. The van der Waals surface area contributed by atoms with Gasteiger partial charge in [0.15, 0.2) is 23.1 Å². The van der Waals surface area contributed by atoms with Crippen LogP contribution in [0.5, 0.6) is 17.2 Å². The van der Waals surface area contributed by atoms with Crippen molar-refractivity contribution in [2.75, 3.05) is 13.7 Å². The number of phenols is 2. The van der Waals surface area contributed by atoms with Crippen molar-refractivity contribution in [1.29, 1.82) is 0 Å². The summed E-state index contributed by atoms with van der Waals surface area (Å²) in [5.74, 6) is -6.20. The Balaban J connectivity index is 2.19. The second kappa shape index (κ2) is 14.9. The minimum absolute atomic E-state index is 0.0512. The number of carbonyl (C=O) groups is 5. The van der Waals surface area contributed by atoms with Gasteiger partial charge in [0.2, 0.25) is 17.1 Å². The smallest absolute Gasteiger partial charge is 0.328 e. The first-order chi connectivity index (χ1) is 22.0. The number of rotatable bonds is 13. The second-order valence-electron chi connectivity index (χ2n) is 11.2. The highest BCUT2D eigenvalue weighted by Crippen LogP contribution is 2.51. The van der Waals surface area contributed by atoms with Crippen LogP contribution >= 0.6 is 15.9 Å². The standard InChI is InChI=1S/C33H35BrO13/c1-17(35)11-20(37)13-25(40)47-32(3)30(43)27(34)22-14-21(9-7-5-6-8-10-24(38)39)46-16-33(22,31(32)44)15-19-12-23(45-4)28(41)29(42)26(19)18(2)36/h5-10,12,14,17,20,35,37,41-42H,11,13,15-16H2,1-4H3,(H,38,39)/b6-5+,9-7+,10-8+/t17-,20-,32+,33+/m1/s1. The number of fused-ring (bicyclic) bond motifs is 1. The molecule has 0 bridgehead atoms. The third-order valence-corrected chi connectivity index (χ3v) is 8.36. The van der Waals surface area contributed by atoms with Crippen LogP contribution in [0.2, 0.25) is 0 Å². The largest absolute Gasteiger partial charge is 0.504 e. The van der Waals surface area contributed by atoms with Crippen molar-refractivity contribution >= 4 is 45.2 Å². The van der Waals surface area contributed by atoms with E-state index in [-0.39, 0.29) is 39.1 Å². The highest BCUT2D eigenvalue weighted by molar-refractivity contribution is 9.12. The van der Waals surface area contributed by atoms with Crippen LogP contribution in [0.4, 0.5) is 0 Å². The van der Waals surface area contributed by atoms with E-state index in [1.807, 2.05) is 0 Å². The number of Topliss-reactive ketones (excluding diaryl/α,β-unsaturated/α-hetero) is 3. The van der Waals surface area contributed by atoms with E-state index >= 15 is 0 Å². The fourth-order valence-corrected chi connectivity index (χ4v) is 6.30. The number of aromatic hydroxyl groups is 2. The molecule has 0 spiro atoms. The van der Waals surface area contributed by atoms with Crippen molar-refractivity contribution in [3.8, 4) is 17.2 Å². The summed E-state index contributed by atoms with van der Waals surface area (Å²) >= 11 is 3.29. The van der Waals surface area contributed by atoms with Crippen LogP contribution in [0.3, 0.4) is 0 Å². The number of aliphatic carboxylic acids is 1. The zero-order valence-electron chi connectivity index (χ0n) is 26.0. The molecular formula is C33H35BrO13. The van der Waals surface area contributed by atoms with E-state index in [0.717, 1.165) is 19.9 Å². The van der Waals surface area contributed by atoms with Crippen molar-refractivity contribution < 1.29 is 63.7 Å². The Kier molecular flexibility index (Phi) is 11.7. The maximum Gasteiger partial charge on any atom is 0.328 e. The van der Waals surface area contributed by atoms with Crippen LogP contribution in [-0.2, 0) is 35.1 Å². The minimum Gasteiger partial charge on any atom is -0.504 e. The number of methoxy groups -OCH3 is 1. The number of esters is 1. The zero-order valence-corrected chi connectivity index (χ0v) is 27.6. The molecule has 1 aromatic carbocycles. The fraction of sp³-hybridized carbons (Fsp3) is 0.364. The van der Waals surface area contributed by atoms with Crippen molar-refractivity contribution in [1.82, 2.24) is 0 Å². The topological polar surface area (TPSA) is 214 Å². The molecule has 0 unspecified atom stereocenters. The normalized spacial score (nSPS) is 22.7. The quantitative estimate of drug-likeness (QED) is 0.0496. The van der Waals surface area contributed by atoms with Gasteiger partial charge in [-0.05, 0) is 78.9 Å². The fourth-order valence-electron chi connectivity index (χ4n) is 5.43. The number of halogens is 1. The molecule has 0 saturated heterocycles. The van der Waals surface area contributed by atoms with Crippen LogP contribution in [0.1, 0.15) is 49.5 Å². The van der Waals surface area contributed by atoms with E-state index in [1.54, 1.807) is 0 Å². The van der Waals surface area contributed by atoms with Gasteiger partial charge < -0.3 is 39.7 Å². The van der Waals surface area contributed by atoms with E-state index in [1.165, 1.54) is 56.6 Å². The van der Waals surface area contributed by atoms with Gasteiger partial charge in [0, 0.05) is 6.08 Å². The van der Waals surface area contributed by atoms with Gasteiger partial charge in [-0.15, -0.1) is 0 Å². The lowest BCUT2D eigenvalue weighted by atomic mass is 9.62. The molecule has 14 heteroatoms. The highest BCUT2D eigenvalue weighted by Gasteiger charge is 2.62. The summed E-state index contributed by atoms with van der Waals surface area (Å²) in [5, 5.41) is 49.5. The van der Waals surface area contributed by atoms with Gasteiger partial charge >= 0.3 is 11.9 Å². The maximum atomic E-state index is 14.6. The Hall–Kier alpha value is -4.53. The number of carboxylic acid groups (broad SMARTS) is 1. The van der Waals surface area contributed by atoms with Crippen molar-refractivity contribution in [3.05, 3.63) is 75.5 Å². The summed E-state index contributed by atoms with van der Waals surface area (Å²) in [6, 6.07) is 1.26. The van der Waals surface area contributed by atoms with Crippen molar-refractivity contribution in [3.63, 3.8) is 0 Å². The van der Waals surface area contributed by atoms with Crippen LogP contribution in [0.15, 0.2) is 64.4 Å². The van der Waals surface area contributed by atoms with Crippen LogP contribution in [0.25, 0.3) is 0 Å². The highest BCUT2D eigenvalue weighted by atomic mass is 79.9. The third kappa shape index (κ3) is 7.89. The van der Waals surface area contributed by atoms with E-state index in [2.05, 4.69) is 15.9 Å². The SMILES string of the molecule is COc1cc(C[C@]23COC(/C=C/C=C/C=C/C(=O)O)=CC2=C(Br)C(=O)[C@](C)(OC(=O)C[C@H](O)C[C@@H](C)O)C3=O)c(C(C)=O)c(O)c1O. The van der Waals surface area contributed by atoms with E-state index in [4.69, 9.17) is 19.3 Å². The molecule has 1 aliphatic carbocycles. The van der Waals surface area contributed by atoms with Crippen molar-refractivity contribution in [2.45, 2.75) is 57.8 Å². The lowest BCUT2D eigenvalue weighted by Gasteiger charge is -2.45. The summed E-state index contributed by atoms with van der Waals surface area (Å²) in [4.78, 5) is 64.6. The van der Waals surface area contributed by atoms with Gasteiger partial charge in [-0.2, -0.15) is 0 Å². The van der Waals surface area contributed by atoms with Gasteiger partial charge in [0.05, 0.1) is 41.2 Å². The van der Waals surface area contributed by atoms with E-state index in [0.29, 0.717) is 0 Å². The monoisotopic (exact) mass is 718 g/mol. The first-order valence-corrected chi connectivity index (χ1v) is 15.1. The number of allylic oxidation sites excluding steroid dienone is 6. The molecular weight excluding hydrogens is 684 g/mol. The Morgan fingerprint density at radius 1 is 1.11 bits per heavy atom. The second-order valence-corrected chi connectivity index (χ2v) is 12.0. The number of benzene rings is 1. The average Bonchev–Trinajstić information content (AvgIpc) is 2.98. The molecule has 1 aromatic rings. The van der Waals surface area contributed by atoms with Crippen molar-refractivity contribution in [2.24, 2.45) is 5.41 Å². The van der Waals surface area contributed by atoms with Gasteiger partial charge in [-0.1, -0.05) is 24.3 Å². The number of carbonyl (C=O) groups excluding carboxylic acids is 4. The molecule has 1 heterocycles. The molecule has 0 fully saturated rings. The zero-order chi connectivity index (χ0) is 35.3. The van der Waals surface area contributed by atoms with Gasteiger partial charge in [-0.3, -0.25) is 19.2 Å². The van der Waals surface area contributed by atoms with Gasteiger partial charge in [0.25, 0.3) is 0 Å². The molecule has 5 N–H and O–H groups in total. The molecule has 2 aliphatic rings. The number of phenolic OH excluding ortho intramolecular Hbond substituents is 2. The maximum absolute atomic E-state index is 14.6. The Bertz CT molecular complexity index is 1630. The van der Waals surface area contributed by atoms with E-state index < -0.39 is 83.5 Å². The number of hydrogen-bond acceptors (Lipinski definition) is 12. The predicted octanol–water partition coefficient (Wildman–Crippen LogP) is 3.13. The van der Waals surface area contributed by atoms with Crippen LogP contribution in [0, 0.1) is 5.41 Å². The number of carboxylic acids is 1. The number of ether oxygens (including phenoxy) is 3. The summed E-state index contributed by atoms with van der Waals surface area (Å²) in [7, 11) is 1.22. The molecule has 0 saturated carbocycles. The van der Waals surface area contributed by atoms with Crippen LogP contribution in [-0.4, -0.2) is 86.3 Å². The summed E-state index contributed by atoms with van der Waals surface area (Å²) in [6.45, 7) is 3.22. The summed E-state index contributed by atoms with van der Waals surface area (Å²) in [6.07, 6.45) is 6.17. The average molecular weight is 720 g/mol. The number of aliphatic hydroxyl groups excluding tert-OH is 2. The summed E-state index contributed by atoms with van der Waals surface area (Å²) in [5.41, 5.74) is -4.41. The first kappa shape index (κ1) is 36.9. The number of aliphatic hydroxyl groups is 2. The predicted molar refractivity (Wildman–Crippen MR) is 169 cm³/mol. The molecule has 0 aromatic heterocycles. The lowest BCUT2D eigenvalue weighted by Crippen LogP contribution is -2.61. The number of ketones is 3. The molecule has 1 aliphatic heterocycles. The third-order valence-electron chi connectivity index (χ3n) is 7.58. The lowest BCUT2D eigenvalue weighted by molar-refractivity contribution is -0.177.